The van der Waals surface area contributed by atoms with Crippen molar-refractivity contribution in [1.82, 2.24) is 35.1 Å². The molecule has 7 amide bonds. The Hall–Kier alpha value is -5.64. The molecule has 0 radical (unpaired) electrons. The molecular formula is C55H75ClF6N8O8. The Balaban J connectivity index is 1.28. The van der Waals surface area contributed by atoms with Crippen molar-refractivity contribution in [2.75, 3.05) is 79.5 Å². The zero-order valence-corrected chi connectivity index (χ0v) is 46.4. The molecule has 432 valence electrons. The molecule has 2 N–H and O–H groups in total. The number of hydrogen-bond donors (Lipinski definition) is 2. The lowest BCUT2D eigenvalue weighted by Gasteiger charge is -2.48. The number of rotatable bonds is 14. The highest BCUT2D eigenvalue weighted by Crippen LogP contribution is 2.61. The number of benzene rings is 2. The molecule has 0 bridgehead atoms. The molecule has 3 aliphatic heterocycles. The molecule has 6 atom stereocenters. The van der Waals surface area contributed by atoms with E-state index in [-0.39, 0.29) is 37.5 Å². The molecule has 4 aliphatic rings. The van der Waals surface area contributed by atoms with Gasteiger partial charge in [-0.25, -0.2) is 13.2 Å². The first kappa shape index (κ1) is 61.6. The summed E-state index contributed by atoms with van der Waals surface area (Å²) in [5, 5.41) is 5.71. The zero-order valence-electron chi connectivity index (χ0n) is 45.6. The number of nitrogens with zero attached hydrogens (tertiary/aromatic N) is 6. The van der Waals surface area contributed by atoms with Crippen LogP contribution in [0, 0.1) is 11.3 Å². The van der Waals surface area contributed by atoms with Crippen LogP contribution in [0.2, 0.25) is 5.02 Å². The van der Waals surface area contributed by atoms with Gasteiger partial charge in [-0.3, -0.25) is 33.6 Å². The molecule has 0 spiro atoms. The Kier molecular flexibility index (Phi) is 20.6. The van der Waals surface area contributed by atoms with Crippen LogP contribution in [0.1, 0.15) is 96.5 Å². The van der Waals surface area contributed by atoms with Gasteiger partial charge in [0.25, 0.3) is 5.92 Å². The molecule has 23 heteroatoms. The Morgan fingerprint density at radius 1 is 0.897 bits per heavy atom. The highest BCUT2D eigenvalue weighted by Gasteiger charge is 2.75. The van der Waals surface area contributed by atoms with E-state index >= 15 is 9.18 Å². The number of likely N-dealkylation sites (tertiary alicyclic amines) is 1. The summed E-state index contributed by atoms with van der Waals surface area (Å²) in [7, 11) is 7.38. The number of anilines is 1. The summed E-state index contributed by atoms with van der Waals surface area (Å²) >= 11 is 6.64. The van der Waals surface area contributed by atoms with Crippen LogP contribution in [0.5, 0.6) is 0 Å². The summed E-state index contributed by atoms with van der Waals surface area (Å²) in [6.45, 7) is 5.84. The van der Waals surface area contributed by atoms with Crippen LogP contribution in [-0.4, -0.2) is 189 Å². The van der Waals surface area contributed by atoms with Crippen molar-refractivity contribution in [1.29, 1.82) is 0 Å². The molecule has 2 aromatic rings. The van der Waals surface area contributed by atoms with Gasteiger partial charge in [-0.1, -0.05) is 69.3 Å². The summed E-state index contributed by atoms with van der Waals surface area (Å²) in [5.41, 5.74) is -0.158. The molecule has 3 heterocycles. The predicted octanol–water partition coefficient (Wildman–Crippen LogP) is 6.65. The largest absolute Gasteiger partial charge is 0.403 e. The van der Waals surface area contributed by atoms with Gasteiger partial charge in [-0.05, 0) is 72.6 Å². The minimum absolute atomic E-state index is 0.0517. The van der Waals surface area contributed by atoms with E-state index in [1.807, 2.05) is 44.2 Å². The van der Waals surface area contributed by atoms with Crippen LogP contribution in [0.15, 0.2) is 42.5 Å². The van der Waals surface area contributed by atoms with Gasteiger partial charge in [-0.15, -0.1) is 0 Å². The van der Waals surface area contributed by atoms with Crippen molar-refractivity contribution in [3.8, 4) is 11.1 Å². The average molecular weight is 1130 g/mol. The molecule has 4 fully saturated rings. The monoisotopic (exact) mass is 1120 g/mol. The molecule has 2 aromatic carbocycles. The smallest absolute Gasteiger partial charge is 0.378 e. The first-order valence-corrected chi connectivity index (χ1v) is 27.2. The van der Waals surface area contributed by atoms with E-state index in [4.69, 9.17) is 16.3 Å². The topological polar surface area (TPSA) is 172 Å². The van der Waals surface area contributed by atoms with Crippen molar-refractivity contribution < 1.29 is 64.6 Å². The number of amides is 7. The minimum atomic E-state index is -5.46. The highest BCUT2D eigenvalue weighted by molar-refractivity contribution is 6.30. The second kappa shape index (κ2) is 26.1. The number of nitrogens with one attached hydrogen (secondary N) is 2. The quantitative estimate of drug-likeness (QED) is 0.197. The van der Waals surface area contributed by atoms with Crippen LogP contribution in [0.4, 0.5) is 32.0 Å². The maximum Gasteiger partial charge on any atom is 0.403 e. The van der Waals surface area contributed by atoms with Crippen LogP contribution in [0.25, 0.3) is 11.1 Å². The predicted molar refractivity (Wildman–Crippen MR) is 281 cm³/mol. The third-order valence-corrected chi connectivity index (χ3v) is 15.8. The molecule has 3 saturated heterocycles. The number of hydrogen-bond acceptors (Lipinski definition) is 9. The summed E-state index contributed by atoms with van der Waals surface area (Å²) in [4.78, 5) is 108. The van der Waals surface area contributed by atoms with Crippen molar-refractivity contribution in [3.05, 3.63) is 53.1 Å². The highest BCUT2D eigenvalue weighted by atomic mass is 35.5. The van der Waals surface area contributed by atoms with Gasteiger partial charge in [0.15, 0.2) is 5.41 Å². The molecule has 16 nitrogen and oxygen atoms in total. The first-order chi connectivity index (χ1) is 36.6. The maximum absolute atomic E-state index is 15.1. The zero-order chi connectivity index (χ0) is 57.4. The fourth-order valence-corrected chi connectivity index (χ4v) is 11.2. The molecule has 0 aromatic heterocycles. The number of carbonyl (C=O) groups excluding carboxylic acids is 7. The fourth-order valence-electron chi connectivity index (χ4n) is 11.0. The van der Waals surface area contributed by atoms with E-state index in [0.717, 1.165) is 34.8 Å². The van der Waals surface area contributed by atoms with E-state index in [1.54, 1.807) is 24.1 Å². The number of carbonyl (C=O) groups is 7. The minimum Gasteiger partial charge on any atom is -0.378 e. The fraction of sp³-hybridized carbons (Fsp3) is 0.655. The maximum atomic E-state index is 15.1. The van der Waals surface area contributed by atoms with Gasteiger partial charge < -0.3 is 44.8 Å². The lowest BCUT2D eigenvalue weighted by molar-refractivity contribution is -0.299. The van der Waals surface area contributed by atoms with Crippen molar-refractivity contribution in [2.45, 2.75) is 146 Å². The van der Waals surface area contributed by atoms with Crippen LogP contribution < -0.4 is 15.5 Å². The molecular weight excluding hydrogens is 1050 g/mol. The second-order valence-corrected chi connectivity index (χ2v) is 22.5. The molecule has 0 unspecified atom stereocenters. The number of likely N-dealkylation sites (N-methyl/N-ethyl adjacent to an activating group) is 3. The van der Waals surface area contributed by atoms with Gasteiger partial charge in [0.05, 0.1) is 19.8 Å². The van der Waals surface area contributed by atoms with E-state index in [2.05, 4.69) is 15.5 Å². The molecule has 78 heavy (non-hydrogen) atoms. The van der Waals surface area contributed by atoms with Crippen molar-refractivity contribution in [2.24, 2.45) is 11.3 Å². The summed E-state index contributed by atoms with van der Waals surface area (Å²) in [6.07, 6.45) is -9.57. The molecule has 6 rings (SSSR count). The van der Waals surface area contributed by atoms with Crippen LogP contribution in [0.3, 0.4) is 0 Å². The lowest BCUT2D eigenvalue weighted by Crippen LogP contribution is -2.65. The van der Waals surface area contributed by atoms with E-state index in [9.17, 15) is 50.7 Å². The number of alkyl halides is 6. The summed E-state index contributed by atoms with van der Waals surface area (Å²) in [6, 6.07) is 6.25. The lowest BCUT2D eigenvalue weighted by atomic mass is 9.64. The van der Waals surface area contributed by atoms with Gasteiger partial charge in [0.2, 0.25) is 41.4 Å². The van der Waals surface area contributed by atoms with E-state index in [0.29, 0.717) is 67.3 Å². The van der Waals surface area contributed by atoms with Crippen LogP contribution >= 0.6 is 11.6 Å². The average Bonchev–Trinajstić information content (AvgIpc) is 3.81. The van der Waals surface area contributed by atoms with Crippen molar-refractivity contribution >= 4 is 58.6 Å². The normalized spacial score (nSPS) is 24.1. The Morgan fingerprint density at radius 3 is 2.15 bits per heavy atom. The van der Waals surface area contributed by atoms with Crippen molar-refractivity contribution in [3.63, 3.8) is 0 Å². The third kappa shape index (κ3) is 14.8. The van der Waals surface area contributed by atoms with E-state index in [1.165, 1.54) is 38.0 Å². The van der Waals surface area contributed by atoms with Gasteiger partial charge in [0.1, 0.15) is 36.4 Å². The third-order valence-electron chi connectivity index (χ3n) is 15.6. The van der Waals surface area contributed by atoms with Crippen LogP contribution in [-0.2, 0) is 44.7 Å². The van der Waals surface area contributed by atoms with Gasteiger partial charge in [-0.2, -0.15) is 13.2 Å². The Labute approximate surface area is 457 Å². The number of ether oxygens (including phenoxy) is 1. The number of halogens is 7. The molecule has 1 saturated carbocycles. The first-order valence-electron chi connectivity index (χ1n) is 26.8. The molecule has 1 aliphatic carbocycles. The van der Waals surface area contributed by atoms with Gasteiger partial charge >= 0.3 is 6.18 Å². The standard InChI is InChI=1S/C55H75ClF6N8O8/c1-34(2)27-42-50(75)68(7)45(29-36-28-37(56)16-19-40(36)35-14-17-39(18-15-35)69-23-25-78-26-24-69)51(76)66(5)22-12-10-8-9-11-13-43(47(72)64-42)67(6)49(74)41(20-21-46(71)65(3)4)63-48(73)44-30-38(57)31-70(44)52(77)53(55(60,61)62)32-54(58,59)33-53/h14-19,28,34,38,41-45H,8-13,20-27,29-33H2,1-7H3,(H,63,73)(H,64,72)/t38-,41+,42+,43+,44+,45+/m1/s1. The van der Waals surface area contributed by atoms with Gasteiger partial charge in [0, 0.05) is 97.7 Å². The summed E-state index contributed by atoms with van der Waals surface area (Å²) in [5.74, 6) is -10.2. The second-order valence-electron chi connectivity index (χ2n) is 22.1. The Bertz CT molecular complexity index is 2470. The van der Waals surface area contributed by atoms with E-state index < -0.39 is 122 Å². The number of morpholine rings is 1. The summed E-state index contributed by atoms with van der Waals surface area (Å²) < 4.78 is 91.7. The Morgan fingerprint density at radius 2 is 1.54 bits per heavy atom. The SMILES string of the molecule is CC(C)C[C@@H]1NC(=O)[C@@H](N(C)C(=O)[C@H](CCC(=O)N(C)C)NC(=O)[C@@H]2C[C@@H](F)CN2C(=O)C2(C(F)(F)F)CC(F)(F)C2)CCCCCCCN(C)C(=O)[C@H](Cc2cc(Cl)ccc2-c2ccc(N3CCOCC3)cc2)N(C)C1=O.